The van der Waals surface area contributed by atoms with Gasteiger partial charge in [-0.2, -0.15) is 0 Å². The fourth-order valence-corrected chi connectivity index (χ4v) is 6.00. The Morgan fingerprint density at radius 2 is 1.85 bits per heavy atom. The number of esters is 1. The van der Waals surface area contributed by atoms with Gasteiger partial charge in [0, 0.05) is 20.6 Å². The number of benzene rings is 3. The third kappa shape index (κ3) is 5.50. The fourth-order valence-electron chi connectivity index (χ4n) is 4.52. The van der Waals surface area contributed by atoms with Gasteiger partial charge in [-0.25, -0.2) is 9.79 Å². The smallest absolute Gasteiger partial charge is 0.338 e. The first-order chi connectivity index (χ1) is 19.3. The van der Waals surface area contributed by atoms with Crippen LogP contribution in [0.1, 0.15) is 29.7 Å². The molecule has 204 valence electrons. The average Bonchev–Trinajstić information content (AvgIpc) is 3.26. The number of methoxy groups -OCH3 is 2. The second-order valence-electron chi connectivity index (χ2n) is 8.91. The summed E-state index contributed by atoms with van der Waals surface area (Å²) in [6, 6.07) is 19.6. The number of carbonyl (C=O) groups is 1. The van der Waals surface area contributed by atoms with Crippen LogP contribution < -0.4 is 24.4 Å². The molecule has 0 aliphatic carbocycles. The standard InChI is InChI=1S/C30H24BrClN2O5S/c1-17-26(29(36)38-3)27(22-15-21(32)12-13-24(22)37-2)34-28(35)25(40-30(34)33-17)14-19-6-4-5-7-23(19)39-16-18-8-10-20(31)11-9-18/h4-15,27H,16H2,1-3H3/b25-14-/t27-/m0/s1. The summed E-state index contributed by atoms with van der Waals surface area (Å²) in [6.45, 7) is 2.09. The fraction of sp³-hybridized carbons (Fsp3) is 0.167. The minimum absolute atomic E-state index is 0.236. The van der Waals surface area contributed by atoms with Crippen molar-refractivity contribution in [1.82, 2.24) is 4.57 Å². The van der Waals surface area contributed by atoms with Gasteiger partial charge >= 0.3 is 5.97 Å². The number of halogens is 2. The van der Waals surface area contributed by atoms with Crippen LogP contribution >= 0.6 is 38.9 Å². The Kier molecular flexibility index (Phi) is 8.25. The normalized spacial score (nSPS) is 14.9. The number of aromatic nitrogens is 1. The van der Waals surface area contributed by atoms with Gasteiger partial charge < -0.3 is 14.2 Å². The highest BCUT2D eigenvalue weighted by Crippen LogP contribution is 2.37. The Morgan fingerprint density at radius 1 is 1.10 bits per heavy atom. The highest BCUT2D eigenvalue weighted by molar-refractivity contribution is 9.10. The zero-order valence-electron chi connectivity index (χ0n) is 21.8. The summed E-state index contributed by atoms with van der Waals surface area (Å²) >= 11 is 11.0. The molecule has 40 heavy (non-hydrogen) atoms. The molecule has 0 fully saturated rings. The van der Waals surface area contributed by atoms with Crippen molar-refractivity contribution in [2.24, 2.45) is 4.99 Å². The number of carbonyl (C=O) groups excluding carboxylic acids is 1. The van der Waals surface area contributed by atoms with Gasteiger partial charge in [0.05, 0.1) is 30.0 Å². The van der Waals surface area contributed by atoms with Gasteiger partial charge in [0.2, 0.25) is 0 Å². The number of thiazole rings is 1. The molecule has 0 spiro atoms. The lowest BCUT2D eigenvalue weighted by molar-refractivity contribution is -0.136. The summed E-state index contributed by atoms with van der Waals surface area (Å²) in [6.07, 6.45) is 1.78. The molecular formula is C30H24BrClN2O5S. The van der Waals surface area contributed by atoms with Crippen molar-refractivity contribution in [2.75, 3.05) is 14.2 Å². The Balaban J connectivity index is 1.63. The minimum Gasteiger partial charge on any atom is -0.496 e. The lowest BCUT2D eigenvalue weighted by atomic mass is 9.95. The first-order valence-corrected chi connectivity index (χ1v) is 14.2. The number of nitrogens with zero attached hydrogens (tertiary/aromatic N) is 2. The Bertz CT molecular complexity index is 1810. The number of ether oxygens (including phenoxy) is 3. The topological polar surface area (TPSA) is 79.1 Å². The zero-order valence-corrected chi connectivity index (χ0v) is 25.0. The minimum atomic E-state index is -0.844. The van der Waals surface area contributed by atoms with E-state index < -0.39 is 12.0 Å². The van der Waals surface area contributed by atoms with Crippen molar-refractivity contribution in [2.45, 2.75) is 19.6 Å². The molecular weight excluding hydrogens is 616 g/mol. The molecule has 1 aromatic heterocycles. The average molecular weight is 640 g/mol. The van der Waals surface area contributed by atoms with Crippen LogP contribution in [0.15, 0.2) is 92.3 Å². The van der Waals surface area contributed by atoms with E-state index in [1.165, 1.54) is 30.1 Å². The molecule has 1 atom stereocenters. The third-order valence-corrected chi connectivity index (χ3v) is 8.17. The largest absolute Gasteiger partial charge is 0.496 e. The van der Waals surface area contributed by atoms with Crippen molar-refractivity contribution in [3.8, 4) is 11.5 Å². The Labute approximate surface area is 247 Å². The van der Waals surface area contributed by atoms with Gasteiger partial charge in [-0.3, -0.25) is 9.36 Å². The number of allylic oxidation sites excluding steroid dienone is 1. The molecule has 0 N–H and O–H groups in total. The highest BCUT2D eigenvalue weighted by atomic mass is 79.9. The maximum atomic E-state index is 14.0. The maximum absolute atomic E-state index is 14.0. The molecule has 2 heterocycles. The number of rotatable bonds is 7. The zero-order chi connectivity index (χ0) is 28.4. The number of fused-ring (bicyclic) bond motifs is 1. The van der Waals surface area contributed by atoms with Crippen molar-refractivity contribution in [3.63, 3.8) is 0 Å². The number of hydrogen-bond acceptors (Lipinski definition) is 7. The quantitative estimate of drug-likeness (QED) is 0.253. The molecule has 4 aromatic rings. The Morgan fingerprint density at radius 3 is 2.58 bits per heavy atom. The first-order valence-electron chi connectivity index (χ1n) is 12.2. The SMILES string of the molecule is COC(=O)C1=C(C)N=c2s/c(=C\c3ccccc3OCc3ccc(Br)cc3)c(=O)n2[C@H]1c1cc(Cl)ccc1OC. The number of para-hydroxylation sites is 1. The van der Waals surface area contributed by atoms with Crippen LogP contribution in [-0.2, 0) is 16.1 Å². The van der Waals surface area contributed by atoms with E-state index in [9.17, 15) is 9.59 Å². The highest BCUT2D eigenvalue weighted by Gasteiger charge is 2.35. The van der Waals surface area contributed by atoms with E-state index in [0.29, 0.717) is 43.7 Å². The van der Waals surface area contributed by atoms with Gasteiger partial charge in [-0.15, -0.1) is 0 Å². The van der Waals surface area contributed by atoms with Crippen molar-refractivity contribution in [1.29, 1.82) is 0 Å². The summed E-state index contributed by atoms with van der Waals surface area (Å²) in [5, 5.41) is 0.439. The van der Waals surface area contributed by atoms with E-state index in [4.69, 9.17) is 25.8 Å². The monoisotopic (exact) mass is 638 g/mol. The van der Waals surface area contributed by atoms with Gasteiger partial charge in [0.15, 0.2) is 4.80 Å². The van der Waals surface area contributed by atoms with E-state index in [1.807, 2.05) is 48.5 Å². The lowest BCUT2D eigenvalue weighted by Gasteiger charge is -2.25. The molecule has 0 radical (unpaired) electrons. The van der Waals surface area contributed by atoms with Gasteiger partial charge in [0.25, 0.3) is 5.56 Å². The van der Waals surface area contributed by atoms with Crippen LogP contribution in [0.5, 0.6) is 11.5 Å². The van der Waals surface area contributed by atoms with Crippen molar-refractivity contribution < 1.29 is 19.0 Å². The van der Waals surface area contributed by atoms with E-state index in [0.717, 1.165) is 15.6 Å². The predicted octanol–water partition coefficient (Wildman–Crippen LogP) is 5.41. The van der Waals surface area contributed by atoms with Crippen LogP contribution in [0, 0.1) is 0 Å². The van der Waals surface area contributed by atoms with Gasteiger partial charge in [-0.1, -0.05) is 69.2 Å². The summed E-state index contributed by atoms with van der Waals surface area (Å²) < 4.78 is 19.7. The molecule has 0 unspecified atom stereocenters. The van der Waals surface area contributed by atoms with Crippen molar-refractivity contribution >= 4 is 50.9 Å². The second kappa shape index (κ2) is 11.8. The van der Waals surface area contributed by atoms with E-state index in [-0.39, 0.29) is 11.1 Å². The Hall–Kier alpha value is -3.66. The van der Waals surface area contributed by atoms with Crippen LogP contribution in [0.4, 0.5) is 0 Å². The van der Waals surface area contributed by atoms with E-state index in [1.54, 1.807) is 31.2 Å². The third-order valence-electron chi connectivity index (χ3n) is 6.43. The van der Waals surface area contributed by atoms with E-state index >= 15 is 0 Å². The molecule has 1 aliphatic heterocycles. The molecule has 3 aromatic carbocycles. The summed E-state index contributed by atoms with van der Waals surface area (Å²) in [4.78, 5) is 32.0. The predicted molar refractivity (Wildman–Crippen MR) is 159 cm³/mol. The van der Waals surface area contributed by atoms with Gasteiger partial charge in [-0.05, 0) is 55.0 Å². The molecule has 1 aliphatic rings. The molecule has 7 nitrogen and oxygen atoms in total. The molecule has 10 heteroatoms. The molecule has 0 amide bonds. The molecule has 0 saturated heterocycles. The lowest BCUT2D eigenvalue weighted by Crippen LogP contribution is -2.40. The van der Waals surface area contributed by atoms with E-state index in [2.05, 4.69) is 20.9 Å². The maximum Gasteiger partial charge on any atom is 0.338 e. The number of hydrogen-bond donors (Lipinski definition) is 0. The van der Waals surface area contributed by atoms with Crippen LogP contribution in [-0.4, -0.2) is 24.8 Å². The molecule has 0 saturated carbocycles. The van der Waals surface area contributed by atoms with Crippen molar-refractivity contribution in [3.05, 3.63) is 124 Å². The second-order valence-corrected chi connectivity index (χ2v) is 11.3. The molecule has 5 rings (SSSR count). The van der Waals surface area contributed by atoms with Crippen LogP contribution in [0.2, 0.25) is 5.02 Å². The van der Waals surface area contributed by atoms with Gasteiger partial charge in [0.1, 0.15) is 24.1 Å². The summed E-state index contributed by atoms with van der Waals surface area (Å²) in [7, 11) is 2.82. The summed E-state index contributed by atoms with van der Waals surface area (Å²) in [5.74, 6) is 0.525. The van der Waals surface area contributed by atoms with Crippen LogP contribution in [0.25, 0.3) is 6.08 Å². The molecule has 0 bridgehead atoms. The summed E-state index contributed by atoms with van der Waals surface area (Å²) in [5.41, 5.74) is 2.68. The first kappa shape index (κ1) is 27.9. The van der Waals surface area contributed by atoms with Crippen LogP contribution in [0.3, 0.4) is 0 Å².